The van der Waals surface area contributed by atoms with Gasteiger partial charge >= 0.3 is 0 Å². The molecule has 0 aliphatic carbocycles. The lowest BCUT2D eigenvalue weighted by molar-refractivity contribution is 0.415. The van der Waals surface area contributed by atoms with E-state index in [0.717, 1.165) is 31.2 Å². The van der Waals surface area contributed by atoms with Gasteiger partial charge in [0.1, 0.15) is 18.7 Å². The normalized spacial score (nSPS) is 24.9. The van der Waals surface area contributed by atoms with Gasteiger partial charge in [0.25, 0.3) is 0 Å². The quantitative estimate of drug-likeness (QED) is 0.837. The number of aromatic nitrogens is 6. The maximum Gasteiger partial charge on any atom is 0.245 e. The minimum absolute atomic E-state index is 0.0208. The lowest BCUT2D eigenvalue weighted by Gasteiger charge is -2.36. The first-order valence-electron chi connectivity index (χ1n) is 6.95. The first-order chi connectivity index (χ1) is 9.66. The van der Waals surface area contributed by atoms with Gasteiger partial charge in [-0.1, -0.05) is 0 Å². The first-order valence-corrected chi connectivity index (χ1v) is 6.95. The Morgan fingerprint density at radius 1 is 1.50 bits per heavy atom. The number of aromatic amines is 1. The summed E-state index contributed by atoms with van der Waals surface area (Å²) in [5.41, 5.74) is 6.12. The fraction of sp³-hybridized carbons (Fsp3) is 0.667. The van der Waals surface area contributed by atoms with Gasteiger partial charge in [-0.3, -0.25) is 5.10 Å². The highest BCUT2D eigenvalue weighted by Gasteiger charge is 2.28. The lowest BCUT2D eigenvalue weighted by atomic mass is 9.99. The predicted molar refractivity (Wildman–Crippen MR) is 74.2 cm³/mol. The van der Waals surface area contributed by atoms with Crippen LogP contribution >= 0.6 is 0 Å². The van der Waals surface area contributed by atoms with Crippen LogP contribution in [0.1, 0.15) is 38.6 Å². The smallest absolute Gasteiger partial charge is 0.245 e. The highest BCUT2D eigenvalue weighted by molar-refractivity contribution is 5.32. The van der Waals surface area contributed by atoms with E-state index < -0.39 is 0 Å². The van der Waals surface area contributed by atoms with E-state index in [4.69, 9.17) is 5.73 Å². The second-order valence-corrected chi connectivity index (χ2v) is 5.31. The molecule has 0 bridgehead atoms. The standard InChI is InChI=1S/C12H20N8/c1-8-10(13)4-3-5-19(8)12-16-11(17-18-12)9(2)20-7-14-6-15-20/h6-10H,3-5,13H2,1-2H3,(H,16,17,18). The predicted octanol–water partition coefficient (Wildman–Crippen LogP) is 0.321. The van der Waals surface area contributed by atoms with Crippen molar-refractivity contribution in [2.45, 2.75) is 44.8 Å². The fourth-order valence-electron chi connectivity index (χ4n) is 2.58. The monoisotopic (exact) mass is 276 g/mol. The number of hydrogen-bond donors (Lipinski definition) is 2. The average Bonchev–Trinajstić information content (AvgIpc) is 3.11. The largest absolute Gasteiger partial charge is 0.335 e. The van der Waals surface area contributed by atoms with Gasteiger partial charge in [0.15, 0.2) is 5.82 Å². The van der Waals surface area contributed by atoms with Crippen molar-refractivity contribution in [1.82, 2.24) is 29.9 Å². The Bertz CT molecular complexity index is 548. The molecule has 0 radical (unpaired) electrons. The Balaban J connectivity index is 1.80. The molecular weight excluding hydrogens is 256 g/mol. The van der Waals surface area contributed by atoms with Crippen LogP contribution in [-0.2, 0) is 0 Å². The molecule has 3 N–H and O–H groups in total. The molecule has 1 aliphatic rings. The van der Waals surface area contributed by atoms with Crippen molar-refractivity contribution in [1.29, 1.82) is 0 Å². The summed E-state index contributed by atoms with van der Waals surface area (Å²) in [7, 11) is 0. The summed E-state index contributed by atoms with van der Waals surface area (Å²) >= 11 is 0. The summed E-state index contributed by atoms with van der Waals surface area (Å²) in [5.74, 6) is 1.49. The molecule has 2 aromatic rings. The molecule has 8 heteroatoms. The zero-order valence-electron chi connectivity index (χ0n) is 11.8. The number of anilines is 1. The van der Waals surface area contributed by atoms with Crippen molar-refractivity contribution in [2.75, 3.05) is 11.4 Å². The molecular formula is C12H20N8. The van der Waals surface area contributed by atoms with Gasteiger partial charge < -0.3 is 10.6 Å². The van der Waals surface area contributed by atoms with E-state index in [-0.39, 0.29) is 18.1 Å². The molecule has 1 saturated heterocycles. The molecule has 0 aromatic carbocycles. The topological polar surface area (TPSA) is 102 Å². The van der Waals surface area contributed by atoms with Crippen LogP contribution in [-0.4, -0.2) is 48.6 Å². The third-order valence-electron chi connectivity index (χ3n) is 4.02. The van der Waals surface area contributed by atoms with E-state index in [0.29, 0.717) is 0 Å². The number of nitrogens with zero attached hydrogens (tertiary/aromatic N) is 6. The summed E-state index contributed by atoms with van der Waals surface area (Å²) in [6.45, 7) is 5.08. The number of hydrogen-bond acceptors (Lipinski definition) is 6. The van der Waals surface area contributed by atoms with Crippen molar-refractivity contribution >= 4 is 5.95 Å². The Kier molecular flexibility index (Phi) is 3.39. The SMILES string of the molecule is CC1C(N)CCCN1c1n[nH]c(C(C)n2cncn2)n1. The van der Waals surface area contributed by atoms with Crippen molar-refractivity contribution in [2.24, 2.45) is 5.73 Å². The zero-order chi connectivity index (χ0) is 14.1. The average molecular weight is 276 g/mol. The second-order valence-electron chi connectivity index (χ2n) is 5.31. The fourth-order valence-corrected chi connectivity index (χ4v) is 2.58. The maximum atomic E-state index is 6.12. The summed E-state index contributed by atoms with van der Waals surface area (Å²) in [6, 6.07) is 0.417. The molecule has 0 amide bonds. The number of rotatable bonds is 3. The first kappa shape index (κ1) is 13.0. The van der Waals surface area contributed by atoms with E-state index >= 15 is 0 Å². The molecule has 108 valence electrons. The second kappa shape index (κ2) is 5.20. The number of H-pyrrole nitrogens is 1. The van der Waals surface area contributed by atoms with Gasteiger partial charge in [-0.2, -0.15) is 10.1 Å². The minimum Gasteiger partial charge on any atom is -0.335 e. The van der Waals surface area contributed by atoms with E-state index in [1.807, 2.05) is 6.92 Å². The van der Waals surface area contributed by atoms with Crippen LogP contribution < -0.4 is 10.6 Å². The number of piperidine rings is 1. The van der Waals surface area contributed by atoms with Gasteiger partial charge in [-0.25, -0.2) is 9.67 Å². The van der Waals surface area contributed by atoms with Crippen molar-refractivity contribution < 1.29 is 0 Å². The van der Waals surface area contributed by atoms with Crippen molar-refractivity contribution in [3.05, 3.63) is 18.5 Å². The number of nitrogens with one attached hydrogen (secondary N) is 1. The molecule has 3 rings (SSSR count). The van der Waals surface area contributed by atoms with Gasteiger partial charge in [-0.15, -0.1) is 5.10 Å². The Labute approximate surface area is 117 Å². The van der Waals surface area contributed by atoms with Crippen LogP contribution in [0.25, 0.3) is 0 Å². The van der Waals surface area contributed by atoms with E-state index in [2.05, 4.69) is 37.1 Å². The van der Waals surface area contributed by atoms with Crippen molar-refractivity contribution in [3.63, 3.8) is 0 Å². The summed E-state index contributed by atoms with van der Waals surface area (Å²) < 4.78 is 1.75. The summed E-state index contributed by atoms with van der Waals surface area (Å²) in [6.07, 6.45) is 5.32. The van der Waals surface area contributed by atoms with E-state index in [9.17, 15) is 0 Å². The molecule has 0 spiro atoms. The van der Waals surface area contributed by atoms with E-state index in [1.165, 1.54) is 6.33 Å². The Hall–Kier alpha value is -1.96. The molecule has 3 unspecified atom stereocenters. The molecule has 1 aliphatic heterocycles. The van der Waals surface area contributed by atoms with Crippen LogP contribution in [0.4, 0.5) is 5.95 Å². The molecule has 3 atom stereocenters. The summed E-state index contributed by atoms with van der Waals surface area (Å²) in [4.78, 5) is 10.7. The molecule has 20 heavy (non-hydrogen) atoms. The highest BCUT2D eigenvalue weighted by atomic mass is 15.4. The van der Waals surface area contributed by atoms with Gasteiger partial charge in [0.2, 0.25) is 5.95 Å². The third kappa shape index (κ3) is 2.26. The minimum atomic E-state index is -0.0208. The molecule has 0 saturated carbocycles. The van der Waals surface area contributed by atoms with Crippen LogP contribution in [0, 0.1) is 0 Å². The van der Waals surface area contributed by atoms with Gasteiger partial charge in [0, 0.05) is 18.6 Å². The molecule has 3 heterocycles. The van der Waals surface area contributed by atoms with Crippen LogP contribution in [0.3, 0.4) is 0 Å². The number of nitrogens with two attached hydrogens (primary N) is 1. The molecule has 8 nitrogen and oxygen atoms in total. The van der Waals surface area contributed by atoms with Crippen molar-refractivity contribution in [3.8, 4) is 0 Å². The van der Waals surface area contributed by atoms with Crippen LogP contribution in [0.2, 0.25) is 0 Å². The summed E-state index contributed by atoms with van der Waals surface area (Å²) in [5, 5.41) is 11.4. The third-order valence-corrected chi connectivity index (χ3v) is 4.02. The zero-order valence-corrected chi connectivity index (χ0v) is 11.8. The molecule has 1 fully saturated rings. The van der Waals surface area contributed by atoms with E-state index in [1.54, 1.807) is 11.0 Å². The van der Waals surface area contributed by atoms with Crippen LogP contribution in [0.15, 0.2) is 12.7 Å². The van der Waals surface area contributed by atoms with Crippen LogP contribution in [0.5, 0.6) is 0 Å². The van der Waals surface area contributed by atoms with Gasteiger partial charge in [-0.05, 0) is 26.7 Å². The van der Waals surface area contributed by atoms with Gasteiger partial charge in [0.05, 0.1) is 0 Å². The Morgan fingerprint density at radius 3 is 3.10 bits per heavy atom. The Morgan fingerprint density at radius 2 is 2.35 bits per heavy atom. The molecule has 2 aromatic heterocycles. The maximum absolute atomic E-state index is 6.12. The lowest BCUT2D eigenvalue weighted by Crippen LogP contribution is -2.51. The highest BCUT2D eigenvalue weighted by Crippen LogP contribution is 2.22.